The molecule has 5 nitrogen and oxygen atoms in total. The van der Waals surface area contributed by atoms with Crippen LogP contribution in [0.25, 0.3) is 0 Å². The van der Waals surface area contributed by atoms with Gasteiger partial charge in [-0.3, -0.25) is 0 Å². The Labute approximate surface area is 80.6 Å². The molecule has 1 heterocycles. The highest BCUT2D eigenvalue weighted by Gasteiger charge is 2.15. The molecule has 70 valence electrons. The summed E-state index contributed by atoms with van der Waals surface area (Å²) < 4.78 is 0. The molecule has 0 amide bonds. The van der Waals surface area contributed by atoms with E-state index in [2.05, 4.69) is 27.9 Å². The molecular weight excluding hydrogens is 190 g/mol. The number of hydrogen-bond acceptors (Lipinski definition) is 5. The second kappa shape index (κ2) is 4.66. The summed E-state index contributed by atoms with van der Waals surface area (Å²) in [7, 11) is 0. The van der Waals surface area contributed by atoms with Crippen molar-refractivity contribution in [3.63, 3.8) is 0 Å². The SMILES string of the molecule is O=C(O)[C@H](CS)Nc1ncccn1. The van der Waals surface area contributed by atoms with Crippen molar-refractivity contribution in [3.8, 4) is 0 Å². The number of nitrogens with zero attached hydrogens (tertiary/aromatic N) is 2. The van der Waals surface area contributed by atoms with E-state index >= 15 is 0 Å². The Morgan fingerprint density at radius 3 is 2.69 bits per heavy atom. The van der Waals surface area contributed by atoms with Gasteiger partial charge in [-0.1, -0.05) is 0 Å². The van der Waals surface area contributed by atoms with Crippen LogP contribution in [0.2, 0.25) is 0 Å². The molecule has 0 aliphatic rings. The first-order valence-electron chi connectivity index (χ1n) is 3.61. The van der Waals surface area contributed by atoms with Crippen molar-refractivity contribution in [2.45, 2.75) is 6.04 Å². The van der Waals surface area contributed by atoms with E-state index in [9.17, 15) is 4.79 Å². The smallest absolute Gasteiger partial charge is 0.327 e. The van der Waals surface area contributed by atoms with Gasteiger partial charge in [0.25, 0.3) is 0 Å². The molecule has 0 saturated heterocycles. The molecule has 2 N–H and O–H groups in total. The predicted octanol–water partition coefficient (Wildman–Crippen LogP) is 0.271. The van der Waals surface area contributed by atoms with Gasteiger partial charge in [-0.05, 0) is 6.07 Å². The number of carbonyl (C=O) groups is 1. The van der Waals surface area contributed by atoms with Gasteiger partial charge in [-0.15, -0.1) is 0 Å². The summed E-state index contributed by atoms with van der Waals surface area (Å²) in [6, 6.07) is 0.896. The molecule has 1 rings (SSSR count). The lowest BCUT2D eigenvalue weighted by Crippen LogP contribution is -2.31. The van der Waals surface area contributed by atoms with Crippen LogP contribution in [0.3, 0.4) is 0 Å². The van der Waals surface area contributed by atoms with Gasteiger partial charge in [0.05, 0.1) is 0 Å². The van der Waals surface area contributed by atoms with E-state index < -0.39 is 12.0 Å². The number of hydrogen-bond donors (Lipinski definition) is 3. The molecule has 0 radical (unpaired) electrons. The maximum Gasteiger partial charge on any atom is 0.327 e. The molecule has 1 atom stereocenters. The number of rotatable bonds is 4. The summed E-state index contributed by atoms with van der Waals surface area (Å²) in [6.45, 7) is 0. The highest BCUT2D eigenvalue weighted by atomic mass is 32.1. The van der Waals surface area contributed by atoms with Crippen LogP contribution in [0.1, 0.15) is 0 Å². The van der Waals surface area contributed by atoms with Crippen molar-refractivity contribution in [2.75, 3.05) is 11.1 Å². The Morgan fingerprint density at radius 1 is 1.62 bits per heavy atom. The fourth-order valence-corrected chi connectivity index (χ4v) is 0.962. The Bertz CT molecular complexity index is 280. The first-order valence-corrected chi connectivity index (χ1v) is 4.24. The number of aliphatic carboxylic acids is 1. The first-order chi connectivity index (χ1) is 6.24. The first kappa shape index (κ1) is 9.79. The van der Waals surface area contributed by atoms with Gasteiger partial charge in [0.1, 0.15) is 6.04 Å². The average Bonchev–Trinajstić information content (AvgIpc) is 2.15. The van der Waals surface area contributed by atoms with Crippen LogP contribution < -0.4 is 5.32 Å². The number of nitrogens with one attached hydrogen (secondary N) is 1. The van der Waals surface area contributed by atoms with Crippen LogP contribution in [-0.2, 0) is 4.79 Å². The van der Waals surface area contributed by atoms with Crippen LogP contribution in [0.15, 0.2) is 18.5 Å². The Kier molecular flexibility index (Phi) is 3.51. The van der Waals surface area contributed by atoms with E-state index in [1.165, 1.54) is 12.4 Å². The summed E-state index contributed by atoms with van der Waals surface area (Å²) in [5.74, 6) is -0.487. The number of carboxylic acids is 1. The molecule has 0 spiro atoms. The number of thiol groups is 1. The van der Waals surface area contributed by atoms with Gasteiger partial charge in [-0.25, -0.2) is 14.8 Å². The summed E-state index contributed by atoms with van der Waals surface area (Å²) in [5.41, 5.74) is 0. The molecule has 6 heteroatoms. The van der Waals surface area contributed by atoms with Crippen LogP contribution in [0, 0.1) is 0 Å². The maximum absolute atomic E-state index is 10.6. The minimum absolute atomic E-state index is 0.188. The van der Waals surface area contributed by atoms with Gasteiger partial charge in [-0.2, -0.15) is 12.6 Å². The van der Waals surface area contributed by atoms with Crippen molar-refractivity contribution in [2.24, 2.45) is 0 Å². The van der Waals surface area contributed by atoms with Crippen LogP contribution in [-0.4, -0.2) is 32.8 Å². The van der Waals surface area contributed by atoms with Gasteiger partial charge >= 0.3 is 5.97 Å². The van der Waals surface area contributed by atoms with Gasteiger partial charge in [0.2, 0.25) is 5.95 Å². The van der Waals surface area contributed by atoms with E-state index in [-0.39, 0.29) is 5.75 Å². The zero-order valence-corrected chi connectivity index (χ0v) is 7.61. The lowest BCUT2D eigenvalue weighted by molar-refractivity contribution is -0.137. The highest BCUT2D eigenvalue weighted by molar-refractivity contribution is 7.80. The van der Waals surface area contributed by atoms with E-state index in [1.54, 1.807) is 6.07 Å². The molecule has 0 fully saturated rings. The number of carboxylic acid groups (broad SMARTS) is 1. The summed E-state index contributed by atoms with van der Waals surface area (Å²) in [5, 5.41) is 11.3. The van der Waals surface area contributed by atoms with E-state index in [1.807, 2.05) is 0 Å². The summed E-state index contributed by atoms with van der Waals surface area (Å²) >= 11 is 3.89. The zero-order valence-electron chi connectivity index (χ0n) is 6.71. The lowest BCUT2D eigenvalue weighted by Gasteiger charge is -2.10. The third kappa shape index (κ3) is 2.90. The van der Waals surface area contributed by atoms with Crippen LogP contribution in [0.5, 0.6) is 0 Å². The normalized spacial score (nSPS) is 12.1. The fraction of sp³-hybridized carbons (Fsp3) is 0.286. The average molecular weight is 199 g/mol. The minimum atomic E-state index is -0.970. The second-order valence-electron chi connectivity index (χ2n) is 2.29. The molecule has 0 aliphatic heterocycles. The largest absolute Gasteiger partial charge is 0.480 e. The number of aromatic nitrogens is 2. The van der Waals surface area contributed by atoms with Crippen molar-refractivity contribution in [1.29, 1.82) is 0 Å². The van der Waals surface area contributed by atoms with Gasteiger partial charge in [0.15, 0.2) is 0 Å². The van der Waals surface area contributed by atoms with Gasteiger partial charge < -0.3 is 10.4 Å². The molecule has 13 heavy (non-hydrogen) atoms. The zero-order chi connectivity index (χ0) is 9.68. The van der Waals surface area contributed by atoms with E-state index in [4.69, 9.17) is 5.11 Å². The Balaban J connectivity index is 2.62. The lowest BCUT2D eigenvalue weighted by atomic mass is 10.3. The Hall–Kier alpha value is -1.30. The van der Waals surface area contributed by atoms with Crippen molar-refractivity contribution >= 4 is 24.5 Å². The van der Waals surface area contributed by atoms with Crippen LogP contribution >= 0.6 is 12.6 Å². The molecule has 0 aliphatic carbocycles. The van der Waals surface area contributed by atoms with E-state index in [0.717, 1.165) is 0 Å². The molecule has 1 aromatic heterocycles. The molecule has 0 unspecified atom stereocenters. The van der Waals surface area contributed by atoms with Crippen molar-refractivity contribution < 1.29 is 9.90 Å². The molecule has 0 saturated carbocycles. The second-order valence-corrected chi connectivity index (χ2v) is 2.66. The Morgan fingerprint density at radius 2 is 2.23 bits per heavy atom. The third-order valence-electron chi connectivity index (χ3n) is 1.35. The van der Waals surface area contributed by atoms with E-state index in [0.29, 0.717) is 5.95 Å². The third-order valence-corrected chi connectivity index (χ3v) is 1.71. The quantitative estimate of drug-likeness (QED) is 0.607. The highest BCUT2D eigenvalue weighted by Crippen LogP contribution is 1.99. The number of anilines is 1. The molecular formula is C7H9N3O2S. The standard InChI is InChI=1S/C7H9N3O2S/c11-6(12)5(4-13)10-7-8-2-1-3-9-7/h1-3,5,13H,4H2,(H,11,12)(H,8,9,10)/t5-/m0/s1. The van der Waals surface area contributed by atoms with Crippen molar-refractivity contribution in [1.82, 2.24) is 9.97 Å². The maximum atomic E-state index is 10.6. The monoisotopic (exact) mass is 199 g/mol. The topological polar surface area (TPSA) is 75.1 Å². The van der Waals surface area contributed by atoms with Crippen LogP contribution in [0.4, 0.5) is 5.95 Å². The summed E-state index contributed by atoms with van der Waals surface area (Å²) in [6.07, 6.45) is 3.07. The predicted molar refractivity (Wildman–Crippen MR) is 50.9 cm³/mol. The minimum Gasteiger partial charge on any atom is -0.480 e. The molecule has 1 aromatic rings. The molecule has 0 bridgehead atoms. The summed E-state index contributed by atoms with van der Waals surface area (Å²) in [4.78, 5) is 18.2. The van der Waals surface area contributed by atoms with Gasteiger partial charge in [0, 0.05) is 18.1 Å². The van der Waals surface area contributed by atoms with Crippen molar-refractivity contribution in [3.05, 3.63) is 18.5 Å². The molecule has 0 aromatic carbocycles. The fourth-order valence-electron chi connectivity index (χ4n) is 0.715.